The Morgan fingerprint density at radius 3 is 2.48 bits per heavy atom. The predicted octanol–water partition coefficient (Wildman–Crippen LogP) is 4.28. The number of halogens is 4. The van der Waals surface area contributed by atoms with Crippen LogP contribution in [0.3, 0.4) is 0 Å². The van der Waals surface area contributed by atoms with Gasteiger partial charge in [-0.05, 0) is 46.3 Å². The van der Waals surface area contributed by atoms with E-state index in [0.717, 1.165) is 6.07 Å². The highest BCUT2D eigenvalue weighted by Crippen LogP contribution is 2.32. The summed E-state index contributed by atoms with van der Waals surface area (Å²) in [6.45, 7) is 0. The summed E-state index contributed by atoms with van der Waals surface area (Å²) in [7, 11) is -3.99. The third kappa shape index (κ3) is 3.60. The van der Waals surface area contributed by atoms with Crippen LogP contribution in [0.2, 0.25) is 10.0 Å². The summed E-state index contributed by atoms with van der Waals surface area (Å²) < 4.78 is 40.4. The molecule has 0 aliphatic rings. The molecule has 0 saturated carbocycles. The molecule has 0 aromatic heterocycles. The second-order valence-corrected chi connectivity index (χ2v) is 7.33. The van der Waals surface area contributed by atoms with Gasteiger partial charge in [-0.15, -0.1) is 0 Å². The molecule has 9 heteroatoms. The van der Waals surface area contributed by atoms with E-state index in [1.807, 2.05) is 0 Å². The van der Waals surface area contributed by atoms with E-state index >= 15 is 0 Å². The molecule has 0 atom stereocenters. The van der Waals surface area contributed by atoms with Crippen molar-refractivity contribution in [1.29, 1.82) is 0 Å². The Balaban J connectivity index is 2.45. The van der Waals surface area contributed by atoms with Crippen LogP contribution in [-0.4, -0.2) is 8.42 Å². The van der Waals surface area contributed by atoms with Gasteiger partial charge in [-0.3, -0.25) is 4.72 Å². The summed E-state index contributed by atoms with van der Waals surface area (Å²) in [5, 5.41) is 0.0597. The maximum Gasteiger partial charge on any atom is 0.263 e. The van der Waals surface area contributed by atoms with Crippen LogP contribution in [0.15, 0.2) is 39.7 Å². The van der Waals surface area contributed by atoms with E-state index in [2.05, 4.69) is 20.7 Å². The zero-order chi connectivity index (χ0) is 15.8. The number of anilines is 2. The molecule has 0 heterocycles. The molecule has 0 fully saturated rings. The Kier molecular flexibility index (Phi) is 4.67. The minimum Gasteiger partial charge on any atom is -0.398 e. The Hall–Kier alpha value is -1.02. The van der Waals surface area contributed by atoms with Gasteiger partial charge in [0.1, 0.15) is 10.7 Å². The van der Waals surface area contributed by atoms with E-state index in [0.29, 0.717) is 0 Å². The molecule has 0 unspecified atom stereocenters. The van der Waals surface area contributed by atoms with Gasteiger partial charge in [0, 0.05) is 10.7 Å². The SMILES string of the molecule is Nc1cc(Cl)cc(S(=O)(=O)Nc2ccc(Cl)c(F)c2)c1Br. The molecule has 4 nitrogen and oxygen atoms in total. The molecule has 0 aliphatic carbocycles. The van der Waals surface area contributed by atoms with Crippen molar-refractivity contribution in [1.82, 2.24) is 0 Å². The number of benzene rings is 2. The van der Waals surface area contributed by atoms with Gasteiger partial charge in [0.25, 0.3) is 10.0 Å². The van der Waals surface area contributed by atoms with Crippen molar-refractivity contribution < 1.29 is 12.8 Å². The van der Waals surface area contributed by atoms with Crippen LogP contribution in [0.5, 0.6) is 0 Å². The van der Waals surface area contributed by atoms with Gasteiger partial charge < -0.3 is 5.73 Å². The molecule has 2 aromatic rings. The highest BCUT2D eigenvalue weighted by atomic mass is 79.9. The summed E-state index contributed by atoms with van der Waals surface area (Å²) in [4.78, 5) is -0.150. The van der Waals surface area contributed by atoms with E-state index in [-0.39, 0.29) is 30.8 Å². The molecule has 21 heavy (non-hydrogen) atoms. The zero-order valence-electron chi connectivity index (χ0n) is 10.2. The van der Waals surface area contributed by atoms with Crippen molar-refractivity contribution >= 4 is 60.5 Å². The number of nitrogens with one attached hydrogen (secondary N) is 1. The van der Waals surface area contributed by atoms with Gasteiger partial charge in [0.05, 0.1) is 15.2 Å². The molecule has 3 N–H and O–H groups in total. The van der Waals surface area contributed by atoms with Crippen LogP contribution in [-0.2, 0) is 10.0 Å². The van der Waals surface area contributed by atoms with Gasteiger partial charge in [0.15, 0.2) is 0 Å². The fourth-order valence-corrected chi connectivity index (χ4v) is 4.01. The van der Waals surface area contributed by atoms with Gasteiger partial charge in [-0.2, -0.15) is 0 Å². The highest BCUT2D eigenvalue weighted by molar-refractivity contribution is 9.10. The van der Waals surface area contributed by atoms with Crippen molar-refractivity contribution in [2.75, 3.05) is 10.5 Å². The summed E-state index contributed by atoms with van der Waals surface area (Å²) in [5.74, 6) is -0.735. The van der Waals surface area contributed by atoms with Crippen LogP contribution in [0, 0.1) is 5.82 Å². The molecular weight excluding hydrogens is 406 g/mol. The molecule has 2 rings (SSSR count). The number of rotatable bonds is 3. The van der Waals surface area contributed by atoms with Crippen LogP contribution in [0.25, 0.3) is 0 Å². The van der Waals surface area contributed by atoms with Gasteiger partial charge in [0.2, 0.25) is 0 Å². The fraction of sp³-hybridized carbons (Fsp3) is 0. The average molecular weight is 414 g/mol. The smallest absolute Gasteiger partial charge is 0.263 e. The summed E-state index contributed by atoms with van der Waals surface area (Å²) >= 11 is 14.4. The summed E-state index contributed by atoms with van der Waals surface area (Å²) in [6.07, 6.45) is 0. The third-order valence-electron chi connectivity index (χ3n) is 2.49. The standard InChI is InChI=1S/C12H8BrCl2FN2O2S/c13-12-10(17)3-6(14)4-11(12)21(19,20)18-7-1-2-8(15)9(16)5-7/h1-5,18H,17H2. The Labute approximate surface area is 139 Å². The van der Waals surface area contributed by atoms with E-state index in [4.69, 9.17) is 28.9 Å². The van der Waals surface area contributed by atoms with Crippen molar-refractivity contribution in [3.05, 3.63) is 50.7 Å². The number of nitrogens with two attached hydrogens (primary N) is 1. The van der Waals surface area contributed by atoms with E-state index in [9.17, 15) is 12.8 Å². The van der Waals surface area contributed by atoms with Gasteiger partial charge in [-0.1, -0.05) is 23.2 Å². The monoisotopic (exact) mass is 412 g/mol. The first-order valence-electron chi connectivity index (χ1n) is 5.43. The van der Waals surface area contributed by atoms with E-state index in [1.54, 1.807) is 0 Å². The topological polar surface area (TPSA) is 72.2 Å². The van der Waals surface area contributed by atoms with Crippen molar-refractivity contribution in [3.63, 3.8) is 0 Å². The predicted molar refractivity (Wildman–Crippen MR) is 85.8 cm³/mol. The normalized spacial score (nSPS) is 11.4. The summed E-state index contributed by atoms with van der Waals surface area (Å²) in [6, 6.07) is 6.20. The van der Waals surface area contributed by atoms with E-state index in [1.165, 1.54) is 24.3 Å². The van der Waals surface area contributed by atoms with Crippen molar-refractivity contribution in [2.24, 2.45) is 0 Å². The first-order chi connectivity index (χ1) is 9.70. The lowest BCUT2D eigenvalue weighted by Gasteiger charge is -2.12. The van der Waals surface area contributed by atoms with Crippen LogP contribution in [0.1, 0.15) is 0 Å². The maximum absolute atomic E-state index is 13.3. The molecule has 0 spiro atoms. The largest absolute Gasteiger partial charge is 0.398 e. The second-order valence-electron chi connectivity index (χ2n) is 4.04. The summed E-state index contributed by atoms with van der Waals surface area (Å²) in [5.41, 5.74) is 5.86. The van der Waals surface area contributed by atoms with Gasteiger partial charge in [-0.25, -0.2) is 12.8 Å². The third-order valence-corrected chi connectivity index (χ3v) is 5.57. The Morgan fingerprint density at radius 2 is 1.86 bits per heavy atom. The average Bonchev–Trinajstić information content (AvgIpc) is 2.37. The zero-order valence-corrected chi connectivity index (χ0v) is 14.1. The second kappa shape index (κ2) is 6.00. The van der Waals surface area contributed by atoms with Crippen LogP contribution in [0.4, 0.5) is 15.8 Å². The molecule has 0 saturated heterocycles. The maximum atomic E-state index is 13.3. The number of nitrogen functional groups attached to an aromatic ring is 1. The van der Waals surface area contributed by atoms with Crippen molar-refractivity contribution in [3.8, 4) is 0 Å². The molecule has 0 radical (unpaired) electrons. The number of hydrogen-bond acceptors (Lipinski definition) is 3. The fourth-order valence-electron chi connectivity index (χ4n) is 1.55. The Bertz CT molecular complexity index is 815. The molecule has 112 valence electrons. The van der Waals surface area contributed by atoms with Crippen molar-refractivity contribution in [2.45, 2.75) is 4.90 Å². The lowest BCUT2D eigenvalue weighted by molar-refractivity contribution is 0.600. The molecule has 0 amide bonds. The van der Waals surface area contributed by atoms with Crippen LogP contribution < -0.4 is 10.5 Å². The Morgan fingerprint density at radius 1 is 1.19 bits per heavy atom. The first-order valence-corrected chi connectivity index (χ1v) is 8.46. The molecule has 0 bridgehead atoms. The number of sulfonamides is 1. The van der Waals surface area contributed by atoms with Crippen LogP contribution >= 0.6 is 39.1 Å². The number of hydrogen-bond donors (Lipinski definition) is 2. The first kappa shape index (κ1) is 16.4. The quantitative estimate of drug-likeness (QED) is 0.737. The lowest BCUT2D eigenvalue weighted by atomic mass is 10.3. The molecule has 2 aromatic carbocycles. The molecule has 0 aliphatic heterocycles. The molecular formula is C12H8BrCl2FN2O2S. The minimum atomic E-state index is -3.99. The minimum absolute atomic E-state index is 0.0300. The van der Waals surface area contributed by atoms with Gasteiger partial charge >= 0.3 is 0 Å². The lowest BCUT2D eigenvalue weighted by Crippen LogP contribution is -2.14. The van der Waals surface area contributed by atoms with E-state index < -0.39 is 15.8 Å². The highest BCUT2D eigenvalue weighted by Gasteiger charge is 2.20.